The van der Waals surface area contributed by atoms with Crippen molar-refractivity contribution in [2.45, 2.75) is 45.7 Å². The fraction of sp³-hybridized carbons (Fsp3) is 0.455. The van der Waals surface area contributed by atoms with Gasteiger partial charge in [-0.15, -0.1) is 11.3 Å². The van der Waals surface area contributed by atoms with Crippen LogP contribution in [0.5, 0.6) is 0 Å². The maximum atomic E-state index is 13.9. The highest BCUT2D eigenvalue weighted by Crippen LogP contribution is 2.51. The third kappa shape index (κ3) is 3.55. The molecule has 2 aromatic rings. The predicted molar refractivity (Wildman–Crippen MR) is 107 cm³/mol. The molecule has 0 spiro atoms. The summed E-state index contributed by atoms with van der Waals surface area (Å²) in [5.41, 5.74) is 0.520. The largest absolute Gasteiger partial charge is 0.419 e. The molecule has 2 bridgehead atoms. The molecule has 3 nitrogen and oxygen atoms in total. The maximum absolute atomic E-state index is 13.9. The molecule has 0 radical (unpaired) electrons. The number of hydrogen-bond acceptors (Lipinski definition) is 3. The topological polar surface area (TPSA) is 52.9 Å². The number of alkyl halides is 3. The number of halogens is 3. The van der Waals surface area contributed by atoms with E-state index in [4.69, 9.17) is 0 Å². The number of amides is 1. The third-order valence-electron chi connectivity index (χ3n) is 6.25. The molecule has 2 fully saturated rings. The minimum Gasteiger partial charge on any atom is -0.316 e. The molecule has 2 aliphatic carbocycles. The molecule has 4 rings (SSSR count). The van der Waals surface area contributed by atoms with E-state index >= 15 is 0 Å². The number of hydrogen-bond donors (Lipinski definition) is 1. The molecule has 152 valence electrons. The van der Waals surface area contributed by atoms with Crippen LogP contribution in [0, 0.1) is 42.9 Å². The van der Waals surface area contributed by atoms with Crippen molar-refractivity contribution in [1.82, 2.24) is 0 Å². The highest BCUT2D eigenvalue weighted by atomic mass is 32.1. The zero-order chi connectivity index (χ0) is 20.9. The zero-order valence-electron chi connectivity index (χ0n) is 16.2. The average molecular weight is 418 g/mol. The first kappa shape index (κ1) is 20.0. The molecular weight excluding hydrogens is 397 g/mol. The lowest BCUT2D eigenvalue weighted by Gasteiger charge is -2.20. The van der Waals surface area contributed by atoms with Gasteiger partial charge in [0, 0.05) is 5.92 Å². The van der Waals surface area contributed by atoms with Gasteiger partial charge in [-0.3, -0.25) is 4.79 Å². The summed E-state index contributed by atoms with van der Waals surface area (Å²) in [5, 5.41) is 12.2. The number of nitrogens with zero attached hydrogens (tertiary/aromatic N) is 1. The number of carbonyl (C=O) groups excluding carboxylic acids is 1. The molecular formula is C22H21F3N2OS. The van der Waals surface area contributed by atoms with Gasteiger partial charge in [0.1, 0.15) is 11.1 Å². The summed E-state index contributed by atoms with van der Waals surface area (Å²) in [6.45, 7) is 3.56. The lowest BCUT2D eigenvalue weighted by atomic mass is 9.88. The molecule has 1 aromatic carbocycles. The minimum absolute atomic E-state index is 0.00324. The van der Waals surface area contributed by atoms with Crippen LogP contribution in [0.3, 0.4) is 0 Å². The molecule has 1 amide bonds. The van der Waals surface area contributed by atoms with Crippen LogP contribution in [0.15, 0.2) is 18.2 Å². The van der Waals surface area contributed by atoms with Crippen molar-refractivity contribution in [2.24, 2.45) is 17.8 Å². The second-order valence-corrected chi connectivity index (χ2v) is 9.23. The molecule has 2 saturated carbocycles. The molecule has 0 saturated heterocycles. The highest BCUT2D eigenvalue weighted by molar-refractivity contribution is 7.20. The van der Waals surface area contributed by atoms with Crippen LogP contribution < -0.4 is 5.32 Å². The molecule has 0 unspecified atom stereocenters. The van der Waals surface area contributed by atoms with Crippen LogP contribution in [0.2, 0.25) is 0 Å². The van der Waals surface area contributed by atoms with Gasteiger partial charge in [-0.1, -0.05) is 30.2 Å². The van der Waals surface area contributed by atoms with Crippen molar-refractivity contribution >= 4 is 22.2 Å². The van der Waals surface area contributed by atoms with Gasteiger partial charge in [-0.05, 0) is 56.1 Å². The number of fused-ring (bicyclic) bond motifs is 2. The summed E-state index contributed by atoms with van der Waals surface area (Å²) in [6.07, 6.45) is -0.747. The number of carbonyl (C=O) groups is 1. The fourth-order valence-corrected chi connectivity index (χ4v) is 6.09. The number of thiophene rings is 1. The van der Waals surface area contributed by atoms with E-state index in [1.165, 1.54) is 0 Å². The number of aryl methyl sites for hydroxylation is 2. The van der Waals surface area contributed by atoms with E-state index in [9.17, 15) is 23.2 Å². The Labute approximate surface area is 171 Å². The number of anilines is 1. The number of benzene rings is 1. The lowest BCUT2D eigenvalue weighted by molar-refractivity contribution is -0.137. The van der Waals surface area contributed by atoms with Gasteiger partial charge in [0.05, 0.1) is 16.0 Å². The molecule has 7 heteroatoms. The van der Waals surface area contributed by atoms with Gasteiger partial charge >= 0.3 is 6.18 Å². The molecule has 3 atom stereocenters. The molecule has 29 heavy (non-hydrogen) atoms. The van der Waals surface area contributed by atoms with Crippen molar-refractivity contribution < 1.29 is 18.0 Å². The van der Waals surface area contributed by atoms with Gasteiger partial charge in [-0.25, -0.2) is 0 Å². The van der Waals surface area contributed by atoms with Crippen molar-refractivity contribution in [1.29, 1.82) is 5.26 Å². The van der Waals surface area contributed by atoms with Crippen molar-refractivity contribution in [3.05, 3.63) is 40.5 Å². The van der Waals surface area contributed by atoms with E-state index in [0.29, 0.717) is 23.0 Å². The Hall–Kier alpha value is -2.33. The molecule has 0 aliphatic heterocycles. The van der Waals surface area contributed by atoms with Gasteiger partial charge < -0.3 is 5.32 Å². The summed E-state index contributed by atoms with van der Waals surface area (Å²) >= 11 is 0.846. The summed E-state index contributed by atoms with van der Waals surface area (Å²) in [7, 11) is 0. The predicted octanol–water partition coefficient (Wildman–Crippen LogP) is 6.30. The Kier molecular flexibility index (Phi) is 4.94. The summed E-state index contributed by atoms with van der Waals surface area (Å²) in [5.74, 6) is 0.439. The zero-order valence-corrected chi connectivity index (χ0v) is 17.0. The number of nitriles is 1. The quantitative estimate of drug-likeness (QED) is 0.636. The van der Waals surface area contributed by atoms with E-state index in [-0.39, 0.29) is 21.7 Å². The molecule has 1 heterocycles. The van der Waals surface area contributed by atoms with Gasteiger partial charge in [0.15, 0.2) is 0 Å². The summed E-state index contributed by atoms with van der Waals surface area (Å²) < 4.78 is 41.8. The standard InChI is InChI=1S/C22H21F3N2OS/c1-11-3-4-12(2)15(7-11)19-18(22(23,24)25)17(10-26)21(29-19)27-20(28)16-9-13-5-6-14(16)8-13/h3-4,7,13-14,16H,5-6,8-9H2,1-2H3,(H,27,28)/t13-,14-,16+/m0/s1. The van der Waals surface area contributed by atoms with Crippen LogP contribution in [-0.4, -0.2) is 5.91 Å². The van der Waals surface area contributed by atoms with Gasteiger partial charge in [-0.2, -0.15) is 18.4 Å². The van der Waals surface area contributed by atoms with Crippen LogP contribution in [0.25, 0.3) is 10.4 Å². The monoisotopic (exact) mass is 418 g/mol. The molecule has 2 aliphatic rings. The van der Waals surface area contributed by atoms with Crippen molar-refractivity contribution in [2.75, 3.05) is 5.32 Å². The summed E-state index contributed by atoms with van der Waals surface area (Å²) in [6, 6.07) is 7.00. The fourth-order valence-electron chi connectivity index (χ4n) is 4.84. The highest BCUT2D eigenvalue weighted by Gasteiger charge is 2.44. The van der Waals surface area contributed by atoms with Crippen LogP contribution in [-0.2, 0) is 11.0 Å². The van der Waals surface area contributed by atoms with Gasteiger partial charge in [0.25, 0.3) is 0 Å². The molecule has 1 aromatic heterocycles. The van der Waals surface area contributed by atoms with E-state index in [1.807, 2.05) is 13.0 Å². The Morgan fingerprint density at radius 1 is 1.24 bits per heavy atom. The Balaban J connectivity index is 1.77. The van der Waals surface area contributed by atoms with E-state index in [1.54, 1.807) is 25.1 Å². The average Bonchev–Trinajstić information content (AvgIpc) is 3.36. The Bertz CT molecular complexity index is 1020. The maximum Gasteiger partial charge on any atom is 0.419 e. The summed E-state index contributed by atoms with van der Waals surface area (Å²) in [4.78, 5) is 12.8. The first-order valence-electron chi connectivity index (χ1n) is 9.71. The lowest BCUT2D eigenvalue weighted by Crippen LogP contribution is -2.27. The minimum atomic E-state index is -4.69. The molecule has 1 N–H and O–H groups in total. The third-order valence-corrected chi connectivity index (χ3v) is 7.39. The number of rotatable bonds is 3. The first-order chi connectivity index (χ1) is 13.7. The van der Waals surface area contributed by atoms with E-state index in [2.05, 4.69) is 5.32 Å². The van der Waals surface area contributed by atoms with Crippen molar-refractivity contribution in [3.8, 4) is 16.5 Å². The Morgan fingerprint density at radius 2 is 2.00 bits per heavy atom. The smallest absolute Gasteiger partial charge is 0.316 e. The Morgan fingerprint density at radius 3 is 2.59 bits per heavy atom. The van der Waals surface area contributed by atoms with Crippen LogP contribution in [0.4, 0.5) is 18.2 Å². The van der Waals surface area contributed by atoms with E-state index < -0.39 is 17.3 Å². The second-order valence-electron chi connectivity index (χ2n) is 8.21. The van der Waals surface area contributed by atoms with Gasteiger partial charge in [0.2, 0.25) is 5.91 Å². The van der Waals surface area contributed by atoms with E-state index in [0.717, 1.165) is 42.6 Å². The second kappa shape index (κ2) is 7.17. The SMILES string of the molecule is Cc1ccc(C)c(-c2sc(NC(=O)[C@@H]3C[C@H]4CC[C@H]3C4)c(C#N)c2C(F)(F)F)c1. The van der Waals surface area contributed by atoms with Crippen molar-refractivity contribution in [3.63, 3.8) is 0 Å². The first-order valence-corrected chi connectivity index (χ1v) is 10.5. The van der Waals surface area contributed by atoms with Crippen LogP contribution in [0.1, 0.15) is 47.9 Å². The normalized spacial score (nSPS) is 23.2. The van der Waals surface area contributed by atoms with Crippen LogP contribution >= 0.6 is 11.3 Å². The number of nitrogens with one attached hydrogen (secondary N) is 1.